The van der Waals surface area contributed by atoms with Crippen LogP contribution in [0.3, 0.4) is 0 Å². The number of sulfonamides is 1. The van der Waals surface area contributed by atoms with Crippen LogP contribution < -0.4 is 4.72 Å². The zero-order valence-electron chi connectivity index (χ0n) is 11.0. The van der Waals surface area contributed by atoms with Crippen molar-refractivity contribution in [2.45, 2.75) is 17.7 Å². The minimum atomic E-state index is -3.36. The Bertz CT molecular complexity index is 838. The molecule has 20 heavy (non-hydrogen) atoms. The van der Waals surface area contributed by atoms with Gasteiger partial charge in [0.25, 0.3) is 0 Å². The van der Waals surface area contributed by atoms with Crippen molar-refractivity contribution in [1.29, 1.82) is 0 Å². The van der Waals surface area contributed by atoms with Crippen molar-refractivity contribution in [3.8, 4) is 0 Å². The molecule has 0 saturated heterocycles. The second kappa shape index (κ2) is 5.30. The van der Waals surface area contributed by atoms with Crippen molar-refractivity contribution < 1.29 is 16.8 Å². The third-order valence-electron chi connectivity index (χ3n) is 2.43. The number of rotatable bonds is 5. The van der Waals surface area contributed by atoms with E-state index >= 15 is 0 Å². The number of aromatic nitrogens is 1. The molecule has 1 N–H and O–H groups in total. The number of benzene rings is 1. The van der Waals surface area contributed by atoms with Crippen molar-refractivity contribution in [1.82, 2.24) is 4.98 Å². The lowest BCUT2D eigenvalue weighted by Crippen LogP contribution is -2.15. The average Bonchev–Trinajstić information content (AvgIpc) is 2.70. The molecule has 0 aliphatic carbocycles. The Morgan fingerprint density at radius 2 is 1.95 bits per heavy atom. The van der Waals surface area contributed by atoms with Gasteiger partial charge < -0.3 is 0 Å². The molecule has 0 unspecified atom stereocenters. The summed E-state index contributed by atoms with van der Waals surface area (Å²) in [5.74, 6) is 0.0440. The van der Waals surface area contributed by atoms with Gasteiger partial charge in [0, 0.05) is 6.26 Å². The highest BCUT2D eigenvalue weighted by atomic mass is 32.2. The van der Waals surface area contributed by atoms with Gasteiger partial charge in [0.15, 0.2) is 0 Å². The van der Waals surface area contributed by atoms with Crippen LogP contribution in [-0.4, -0.2) is 33.8 Å². The molecule has 110 valence electrons. The summed E-state index contributed by atoms with van der Waals surface area (Å²) in [4.78, 5) is 4.01. The van der Waals surface area contributed by atoms with E-state index in [1.165, 1.54) is 0 Å². The first kappa shape index (κ1) is 15.2. The molecule has 6 nitrogen and oxygen atoms in total. The summed E-state index contributed by atoms with van der Waals surface area (Å²) in [6.45, 7) is 1.78. The summed E-state index contributed by atoms with van der Waals surface area (Å²) in [7, 11) is -6.71. The van der Waals surface area contributed by atoms with E-state index in [0.29, 0.717) is 22.3 Å². The third-order valence-corrected chi connectivity index (χ3v) is 6.62. The van der Waals surface area contributed by atoms with Gasteiger partial charge in [-0.15, -0.1) is 11.3 Å². The summed E-state index contributed by atoms with van der Waals surface area (Å²) in [6, 6.07) is 4.76. The summed E-state index contributed by atoms with van der Waals surface area (Å²) < 4.78 is 49.4. The van der Waals surface area contributed by atoms with E-state index in [-0.39, 0.29) is 10.1 Å². The summed E-state index contributed by atoms with van der Waals surface area (Å²) in [6.07, 6.45) is 1.62. The average molecular weight is 334 g/mol. The lowest BCUT2D eigenvalue weighted by atomic mass is 10.3. The molecule has 0 radical (unpaired) electrons. The van der Waals surface area contributed by atoms with Crippen LogP contribution in [0.25, 0.3) is 10.2 Å². The van der Waals surface area contributed by atoms with Crippen LogP contribution in [0, 0.1) is 0 Å². The molecular formula is C11H14N2O4S3. The van der Waals surface area contributed by atoms with Crippen molar-refractivity contribution in [3.63, 3.8) is 0 Å². The second-order valence-electron chi connectivity index (χ2n) is 4.36. The number of anilines is 1. The molecule has 0 fully saturated rings. The topological polar surface area (TPSA) is 93.2 Å². The normalized spacial score (nSPS) is 12.7. The first-order chi connectivity index (χ1) is 9.21. The molecule has 0 spiro atoms. The van der Waals surface area contributed by atoms with Gasteiger partial charge in [-0.3, -0.25) is 4.72 Å². The Morgan fingerprint density at radius 1 is 1.25 bits per heavy atom. The van der Waals surface area contributed by atoms with E-state index in [2.05, 4.69) is 9.71 Å². The Morgan fingerprint density at radius 3 is 2.55 bits per heavy atom. The van der Waals surface area contributed by atoms with Crippen LogP contribution in [0.4, 0.5) is 5.69 Å². The lowest BCUT2D eigenvalue weighted by molar-refractivity contribution is 0.598. The predicted octanol–water partition coefficient (Wildman–Crippen LogP) is 1.85. The third kappa shape index (κ3) is 3.47. The molecule has 9 heteroatoms. The molecule has 0 amide bonds. The van der Waals surface area contributed by atoms with Gasteiger partial charge in [-0.25, -0.2) is 21.8 Å². The van der Waals surface area contributed by atoms with Gasteiger partial charge in [0.05, 0.1) is 21.7 Å². The van der Waals surface area contributed by atoms with Crippen molar-refractivity contribution in [2.24, 2.45) is 0 Å². The van der Waals surface area contributed by atoms with Gasteiger partial charge in [0.1, 0.15) is 0 Å². The summed E-state index contributed by atoms with van der Waals surface area (Å²) >= 11 is 1.02. The first-order valence-electron chi connectivity index (χ1n) is 5.82. The van der Waals surface area contributed by atoms with Crippen LogP contribution in [0.5, 0.6) is 0 Å². The highest BCUT2D eigenvalue weighted by Gasteiger charge is 2.15. The molecule has 0 saturated carbocycles. The van der Waals surface area contributed by atoms with Gasteiger partial charge >= 0.3 is 0 Å². The molecule has 1 aromatic carbocycles. The van der Waals surface area contributed by atoms with Crippen LogP contribution in [0.1, 0.15) is 13.3 Å². The number of hydrogen-bond donors (Lipinski definition) is 1. The molecule has 2 aromatic rings. The van der Waals surface area contributed by atoms with Gasteiger partial charge in [-0.1, -0.05) is 6.92 Å². The number of thiazole rings is 1. The number of fused-ring (bicyclic) bond motifs is 1. The van der Waals surface area contributed by atoms with E-state index in [0.717, 1.165) is 17.6 Å². The SMILES string of the molecule is CCCS(=O)(=O)Nc1ccc2nc(S(C)(=O)=O)sc2c1. The van der Waals surface area contributed by atoms with Crippen LogP contribution in [0.2, 0.25) is 0 Å². The highest BCUT2D eigenvalue weighted by molar-refractivity contribution is 7.93. The maximum absolute atomic E-state index is 11.7. The largest absolute Gasteiger partial charge is 0.284 e. The monoisotopic (exact) mass is 334 g/mol. The molecule has 2 rings (SSSR count). The van der Waals surface area contributed by atoms with Crippen molar-refractivity contribution in [3.05, 3.63) is 18.2 Å². The maximum atomic E-state index is 11.7. The number of nitrogens with zero attached hydrogens (tertiary/aromatic N) is 1. The predicted molar refractivity (Wildman–Crippen MR) is 80.4 cm³/mol. The van der Waals surface area contributed by atoms with Crippen LogP contribution >= 0.6 is 11.3 Å². The van der Waals surface area contributed by atoms with Gasteiger partial charge in [-0.2, -0.15) is 0 Å². The zero-order valence-corrected chi connectivity index (χ0v) is 13.4. The molecular weight excluding hydrogens is 320 g/mol. The van der Waals surface area contributed by atoms with Crippen molar-refractivity contribution >= 4 is 47.1 Å². The molecule has 1 aromatic heterocycles. The van der Waals surface area contributed by atoms with Crippen LogP contribution in [-0.2, 0) is 19.9 Å². The molecule has 0 bridgehead atoms. The second-order valence-corrected chi connectivity index (χ2v) is 9.42. The smallest absolute Gasteiger partial charge is 0.232 e. The van der Waals surface area contributed by atoms with Crippen LogP contribution in [0.15, 0.2) is 22.5 Å². The van der Waals surface area contributed by atoms with E-state index in [1.807, 2.05) is 0 Å². The Balaban J connectivity index is 2.39. The summed E-state index contributed by atoms with van der Waals surface area (Å²) in [5.41, 5.74) is 0.948. The molecule has 1 heterocycles. The van der Waals surface area contributed by atoms with E-state index in [9.17, 15) is 16.8 Å². The number of sulfone groups is 1. The van der Waals surface area contributed by atoms with E-state index in [1.54, 1.807) is 25.1 Å². The standard InChI is InChI=1S/C11H14N2O4S3/c1-3-6-20(16,17)13-8-4-5-9-10(7-8)18-11(12-9)19(2,14)15/h4-5,7,13H,3,6H2,1-2H3. The van der Waals surface area contributed by atoms with Gasteiger partial charge in [0.2, 0.25) is 24.2 Å². The molecule has 0 atom stereocenters. The highest BCUT2D eigenvalue weighted by Crippen LogP contribution is 2.28. The fourth-order valence-corrected chi connectivity index (χ4v) is 4.63. The fourth-order valence-electron chi connectivity index (χ4n) is 1.62. The minimum absolute atomic E-state index is 0.0288. The molecule has 0 aliphatic heterocycles. The molecule has 0 aliphatic rings. The lowest BCUT2D eigenvalue weighted by Gasteiger charge is -2.06. The number of hydrogen-bond acceptors (Lipinski definition) is 6. The first-order valence-corrected chi connectivity index (χ1v) is 10.2. The Hall–Kier alpha value is -1.19. The zero-order chi connectivity index (χ0) is 15.0. The minimum Gasteiger partial charge on any atom is -0.284 e. The Labute approximate surface area is 121 Å². The fraction of sp³-hybridized carbons (Fsp3) is 0.364. The summed E-state index contributed by atoms with van der Waals surface area (Å²) in [5, 5.41) is 0. The van der Waals surface area contributed by atoms with E-state index < -0.39 is 19.9 Å². The quantitative estimate of drug-likeness (QED) is 0.900. The maximum Gasteiger partial charge on any atom is 0.232 e. The van der Waals surface area contributed by atoms with Gasteiger partial charge in [-0.05, 0) is 24.6 Å². The number of nitrogens with one attached hydrogen (secondary N) is 1. The Kier molecular flexibility index (Phi) is 4.03. The van der Waals surface area contributed by atoms with Crippen molar-refractivity contribution in [2.75, 3.05) is 16.7 Å². The van der Waals surface area contributed by atoms with E-state index in [4.69, 9.17) is 0 Å².